The van der Waals surface area contributed by atoms with E-state index in [2.05, 4.69) is 15.3 Å². The normalized spacial score (nSPS) is 12.1. The molecule has 0 aromatic carbocycles. The van der Waals surface area contributed by atoms with Gasteiger partial charge < -0.3 is 10.1 Å². The molecule has 1 atom stereocenters. The molecule has 0 radical (unpaired) electrons. The van der Waals surface area contributed by atoms with Crippen molar-refractivity contribution in [2.45, 2.75) is 24.4 Å². The van der Waals surface area contributed by atoms with Crippen LogP contribution in [0.15, 0.2) is 23.6 Å². The van der Waals surface area contributed by atoms with Gasteiger partial charge in [0.25, 0.3) is 0 Å². The average Bonchev–Trinajstić information content (AvgIpc) is 2.36. The van der Waals surface area contributed by atoms with Gasteiger partial charge in [-0.05, 0) is 26.5 Å². The molecule has 1 unspecified atom stereocenters. The highest BCUT2D eigenvalue weighted by atomic mass is 32.2. The van der Waals surface area contributed by atoms with E-state index in [0.29, 0.717) is 13.0 Å². The van der Waals surface area contributed by atoms with Crippen molar-refractivity contribution in [2.24, 2.45) is 0 Å². The van der Waals surface area contributed by atoms with E-state index in [1.54, 1.807) is 31.9 Å². The summed E-state index contributed by atoms with van der Waals surface area (Å²) in [6.07, 6.45) is 3.93. The molecule has 1 heterocycles. The summed E-state index contributed by atoms with van der Waals surface area (Å²) in [5.41, 5.74) is 0. The molecular formula is C11H17N3O2S. The number of esters is 1. The second kappa shape index (κ2) is 8.03. The molecule has 0 saturated carbocycles. The molecule has 1 aromatic heterocycles. The Morgan fingerprint density at radius 2 is 2.47 bits per heavy atom. The van der Waals surface area contributed by atoms with Gasteiger partial charge in [0.1, 0.15) is 12.4 Å². The minimum Gasteiger partial charge on any atom is -0.465 e. The van der Waals surface area contributed by atoms with Crippen molar-refractivity contribution in [3.63, 3.8) is 0 Å². The lowest BCUT2D eigenvalue weighted by atomic mass is 10.2. The molecule has 6 heteroatoms. The fraction of sp³-hybridized carbons (Fsp3) is 0.545. The van der Waals surface area contributed by atoms with Gasteiger partial charge in [-0.15, -0.1) is 11.8 Å². The largest absolute Gasteiger partial charge is 0.465 e. The predicted octanol–water partition coefficient (Wildman–Crippen LogP) is 1.11. The minimum atomic E-state index is -0.246. The highest BCUT2D eigenvalue weighted by molar-refractivity contribution is 7.99. The maximum absolute atomic E-state index is 11.5. The van der Waals surface area contributed by atoms with Crippen LogP contribution in [0, 0.1) is 0 Å². The van der Waals surface area contributed by atoms with Crippen LogP contribution in [-0.4, -0.2) is 41.4 Å². The molecule has 1 rings (SSSR count). The van der Waals surface area contributed by atoms with Crippen molar-refractivity contribution in [1.29, 1.82) is 0 Å². The molecular weight excluding hydrogens is 238 g/mol. The molecule has 0 aliphatic heterocycles. The van der Waals surface area contributed by atoms with Crippen LogP contribution >= 0.6 is 11.8 Å². The van der Waals surface area contributed by atoms with E-state index in [1.165, 1.54) is 6.33 Å². The van der Waals surface area contributed by atoms with Crippen LogP contribution in [0.5, 0.6) is 0 Å². The van der Waals surface area contributed by atoms with Crippen molar-refractivity contribution < 1.29 is 9.53 Å². The lowest BCUT2D eigenvalue weighted by Gasteiger charge is -2.13. The number of nitrogens with one attached hydrogen (secondary N) is 1. The Hall–Kier alpha value is -1.14. The number of likely N-dealkylation sites (N-methyl/N-ethyl adjacent to an activating group) is 1. The third-order valence-electron chi connectivity index (χ3n) is 2.13. The minimum absolute atomic E-state index is 0.196. The first-order chi connectivity index (χ1) is 8.27. The smallest absolute Gasteiger partial charge is 0.323 e. The Labute approximate surface area is 105 Å². The molecule has 1 N–H and O–H groups in total. The molecule has 0 aliphatic carbocycles. The van der Waals surface area contributed by atoms with Gasteiger partial charge in [0.15, 0.2) is 0 Å². The first kappa shape index (κ1) is 13.9. The number of carbonyl (C=O) groups excluding carboxylic acids is 1. The van der Waals surface area contributed by atoms with E-state index in [0.717, 1.165) is 10.8 Å². The molecule has 17 heavy (non-hydrogen) atoms. The van der Waals surface area contributed by atoms with E-state index >= 15 is 0 Å². The van der Waals surface area contributed by atoms with Crippen molar-refractivity contribution in [3.8, 4) is 0 Å². The van der Waals surface area contributed by atoms with Crippen molar-refractivity contribution in [3.05, 3.63) is 18.6 Å². The molecule has 0 saturated heterocycles. The van der Waals surface area contributed by atoms with Crippen LogP contribution < -0.4 is 5.32 Å². The van der Waals surface area contributed by atoms with Crippen LogP contribution in [0.25, 0.3) is 0 Å². The summed E-state index contributed by atoms with van der Waals surface area (Å²) in [7, 11) is 1.76. The summed E-state index contributed by atoms with van der Waals surface area (Å²) >= 11 is 1.60. The first-order valence-electron chi connectivity index (χ1n) is 5.50. The Bertz CT molecular complexity index is 335. The van der Waals surface area contributed by atoms with Gasteiger partial charge in [0.05, 0.1) is 11.6 Å². The zero-order chi connectivity index (χ0) is 12.5. The number of carbonyl (C=O) groups is 1. The summed E-state index contributed by atoms with van der Waals surface area (Å²) < 4.78 is 4.96. The molecule has 0 fully saturated rings. The van der Waals surface area contributed by atoms with E-state index in [1.807, 2.05) is 6.07 Å². The Kier molecular flexibility index (Phi) is 6.57. The van der Waals surface area contributed by atoms with Gasteiger partial charge in [-0.2, -0.15) is 0 Å². The lowest BCUT2D eigenvalue weighted by molar-refractivity contribution is -0.145. The van der Waals surface area contributed by atoms with Crippen molar-refractivity contribution in [2.75, 3.05) is 19.4 Å². The summed E-state index contributed by atoms with van der Waals surface area (Å²) in [6, 6.07) is 1.60. The zero-order valence-electron chi connectivity index (χ0n) is 10.0. The number of aromatic nitrogens is 2. The fourth-order valence-corrected chi connectivity index (χ4v) is 2.11. The average molecular weight is 255 g/mol. The summed E-state index contributed by atoms with van der Waals surface area (Å²) in [4.78, 5) is 19.4. The number of nitrogens with zero attached hydrogens (tertiary/aromatic N) is 2. The Balaban J connectivity index is 2.31. The van der Waals surface area contributed by atoms with Gasteiger partial charge in [-0.3, -0.25) is 4.79 Å². The van der Waals surface area contributed by atoms with Crippen LogP contribution in [-0.2, 0) is 9.53 Å². The van der Waals surface area contributed by atoms with E-state index < -0.39 is 0 Å². The van der Waals surface area contributed by atoms with Crippen LogP contribution in [0.3, 0.4) is 0 Å². The van der Waals surface area contributed by atoms with Crippen LogP contribution in [0.4, 0.5) is 0 Å². The van der Waals surface area contributed by atoms with Crippen molar-refractivity contribution in [1.82, 2.24) is 15.3 Å². The number of thioether (sulfide) groups is 1. The molecule has 5 nitrogen and oxygen atoms in total. The molecule has 0 amide bonds. The fourth-order valence-electron chi connectivity index (χ4n) is 1.27. The predicted molar refractivity (Wildman–Crippen MR) is 66.9 cm³/mol. The van der Waals surface area contributed by atoms with Gasteiger partial charge >= 0.3 is 5.97 Å². The van der Waals surface area contributed by atoms with Gasteiger partial charge in [-0.25, -0.2) is 9.97 Å². The van der Waals surface area contributed by atoms with Gasteiger partial charge in [-0.1, -0.05) is 0 Å². The molecule has 0 bridgehead atoms. The topological polar surface area (TPSA) is 64.1 Å². The maximum atomic E-state index is 11.5. The third-order valence-corrected chi connectivity index (χ3v) is 3.11. The second-order valence-electron chi connectivity index (χ2n) is 3.28. The molecule has 94 valence electrons. The quantitative estimate of drug-likeness (QED) is 0.447. The van der Waals surface area contributed by atoms with Gasteiger partial charge in [0, 0.05) is 11.9 Å². The summed E-state index contributed by atoms with van der Waals surface area (Å²) in [5, 5.41) is 3.87. The number of rotatable bonds is 7. The maximum Gasteiger partial charge on any atom is 0.323 e. The third kappa shape index (κ3) is 5.14. The van der Waals surface area contributed by atoms with Crippen LogP contribution in [0.1, 0.15) is 13.3 Å². The highest BCUT2D eigenvalue weighted by Gasteiger charge is 2.16. The van der Waals surface area contributed by atoms with Crippen molar-refractivity contribution >= 4 is 17.7 Å². The summed E-state index contributed by atoms with van der Waals surface area (Å²) in [6.45, 7) is 2.22. The summed E-state index contributed by atoms with van der Waals surface area (Å²) in [5.74, 6) is 0.611. The van der Waals surface area contributed by atoms with Gasteiger partial charge in [0.2, 0.25) is 0 Å². The zero-order valence-corrected chi connectivity index (χ0v) is 10.9. The first-order valence-corrected chi connectivity index (χ1v) is 6.49. The Morgan fingerprint density at radius 3 is 3.06 bits per heavy atom. The highest BCUT2D eigenvalue weighted by Crippen LogP contribution is 2.15. The van der Waals surface area contributed by atoms with E-state index in [4.69, 9.17) is 4.74 Å². The molecule has 0 aliphatic rings. The number of hydrogen-bond donors (Lipinski definition) is 1. The standard InChI is InChI=1S/C11H17N3O2S/c1-3-16-11(15)9(12-2)5-7-17-10-4-6-13-8-14-10/h4,6,8-9,12H,3,5,7H2,1-2H3. The lowest BCUT2D eigenvalue weighted by Crippen LogP contribution is -2.36. The van der Waals surface area contributed by atoms with Crippen LogP contribution in [0.2, 0.25) is 0 Å². The molecule has 1 aromatic rings. The van der Waals surface area contributed by atoms with E-state index in [-0.39, 0.29) is 12.0 Å². The SMILES string of the molecule is CCOC(=O)C(CCSc1ccncn1)NC. The number of ether oxygens (including phenoxy) is 1. The Morgan fingerprint density at radius 1 is 1.65 bits per heavy atom. The second-order valence-corrected chi connectivity index (χ2v) is 4.39. The monoisotopic (exact) mass is 255 g/mol. The molecule has 0 spiro atoms. The van der Waals surface area contributed by atoms with E-state index in [9.17, 15) is 4.79 Å². The number of hydrogen-bond acceptors (Lipinski definition) is 6.